The number of rotatable bonds is 7. The fraction of sp³-hybridized carbons (Fsp3) is 0.579. The van der Waals surface area contributed by atoms with E-state index in [4.69, 9.17) is 28.9 Å². The van der Waals surface area contributed by atoms with E-state index in [1.807, 2.05) is 40.4 Å². The van der Waals surface area contributed by atoms with Crippen molar-refractivity contribution in [1.82, 2.24) is 19.2 Å². The number of hydrogen-bond donors (Lipinski definition) is 0. The first-order chi connectivity index (χ1) is 13.2. The summed E-state index contributed by atoms with van der Waals surface area (Å²) >= 11 is 11.7. The van der Waals surface area contributed by atoms with E-state index in [0.717, 1.165) is 17.9 Å². The Balaban J connectivity index is 1.93. The molecule has 1 unspecified atom stereocenters. The highest BCUT2D eigenvalue weighted by Crippen LogP contribution is 2.23. The van der Waals surface area contributed by atoms with Gasteiger partial charge in [0, 0.05) is 29.7 Å². The van der Waals surface area contributed by atoms with E-state index in [1.54, 1.807) is 0 Å². The van der Waals surface area contributed by atoms with Gasteiger partial charge in [-0.3, -0.25) is 4.90 Å². The van der Waals surface area contributed by atoms with E-state index in [2.05, 4.69) is 18.7 Å². The standard InChI is InChI=1S/C19H27ClN4O2S2/c1-4-23-18(15-5-7-16(20)8-6-15)21-24(19(23)27)13-22(11-14(2)3)17-9-10-28(25,26)12-17/h5-8,14,17H,4,9-13H2,1-3H3. The number of nitrogens with zero attached hydrogens (tertiary/aromatic N) is 4. The molecule has 1 atom stereocenters. The van der Waals surface area contributed by atoms with Crippen LogP contribution in [-0.4, -0.2) is 51.8 Å². The van der Waals surface area contributed by atoms with Crippen LogP contribution in [-0.2, 0) is 23.1 Å². The van der Waals surface area contributed by atoms with Gasteiger partial charge in [0.25, 0.3) is 0 Å². The van der Waals surface area contributed by atoms with Gasteiger partial charge in [-0.1, -0.05) is 25.4 Å². The zero-order valence-corrected chi connectivity index (χ0v) is 18.9. The number of hydrogen-bond acceptors (Lipinski definition) is 5. The van der Waals surface area contributed by atoms with Crippen molar-refractivity contribution in [1.29, 1.82) is 0 Å². The molecule has 0 amide bonds. The molecule has 0 aliphatic carbocycles. The van der Waals surface area contributed by atoms with E-state index in [0.29, 0.717) is 35.3 Å². The first-order valence-corrected chi connectivity index (χ1v) is 12.2. The molecule has 6 nitrogen and oxygen atoms in total. The van der Waals surface area contributed by atoms with Crippen LogP contribution in [0.2, 0.25) is 5.02 Å². The molecule has 0 N–H and O–H groups in total. The monoisotopic (exact) mass is 442 g/mol. The number of benzene rings is 1. The quantitative estimate of drug-likeness (QED) is 0.609. The highest BCUT2D eigenvalue weighted by Gasteiger charge is 2.33. The van der Waals surface area contributed by atoms with Gasteiger partial charge in [0.1, 0.15) is 0 Å². The second-order valence-electron chi connectivity index (χ2n) is 7.72. The Labute approximate surface area is 177 Å². The molecule has 28 heavy (non-hydrogen) atoms. The number of halogens is 1. The summed E-state index contributed by atoms with van der Waals surface area (Å²) in [5.41, 5.74) is 0.954. The van der Waals surface area contributed by atoms with E-state index < -0.39 is 9.84 Å². The molecule has 2 heterocycles. The summed E-state index contributed by atoms with van der Waals surface area (Å²) in [6, 6.07) is 7.57. The van der Waals surface area contributed by atoms with Crippen molar-refractivity contribution in [3.8, 4) is 11.4 Å². The van der Waals surface area contributed by atoms with Crippen molar-refractivity contribution in [2.45, 2.75) is 46.4 Å². The van der Waals surface area contributed by atoms with Gasteiger partial charge in [0.2, 0.25) is 0 Å². The molecule has 1 fully saturated rings. The van der Waals surface area contributed by atoms with Gasteiger partial charge >= 0.3 is 0 Å². The minimum Gasteiger partial charge on any atom is -0.300 e. The summed E-state index contributed by atoms with van der Waals surface area (Å²) in [7, 11) is -2.95. The first-order valence-electron chi connectivity index (χ1n) is 9.58. The van der Waals surface area contributed by atoms with Crippen molar-refractivity contribution in [3.05, 3.63) is 34.1 Å². The summed E-state index contributed by atoms with van der Waals surface area (Å²) in [4.78, 5) is 2.21. The summed E-state index contributed by atoms with van der Waals surface area (Å²) in [6.45, 7) is 8.32. The predicted octanol–water partition coefficient (Wildman–Crippen LogP) is 3.86. The zero-order chi connectivity index (χ0) is 20.5. The molecule has 1 saturated heterocycles. The lowest BCUT2D eigenvalue weighted by atomic mass is 10.1. The fourth-order valence-electron chi connectivity index (χ4n) is 3.66. The highest BCUT2D eigenvalue weighted by atomic mass is 35.5. The minimum absolute atomic E-state index is 0.0139. The molecule has 3 rings (SSSR count). The summed E-state index contributed by atoms with van der Waals surface area (Å²) in [5.74, 6) is 1.69. The normalized spacial score (nSPS) is 19.0. The molecular formula is C19H27ClN4O2S2. The third-order valence-electron chi connectivity index (χ3n) is 4.98. The molecule has 1 aliphatic rings. The maximum Gasteiger partial charge on any atom is 0.199 e. The van der Waals surface area contributed by atoms with E-state index in [1.165, 1.54) is 0 Å². The van der Waals surface area contributed by atoms with Crippen molar-refractivity contribution in [3.63, 3.8) is 0 Å². The van der Waals surface area contributed by atoms with Crippen LogP contribution in [0.3, 0.4) is 0 Å². The second kappa shape index (κ2) is 8.65. The Hall–Kier alpha value is -1.22. The molecule has 0 spiro atoms. The topological polar surface area (TPSA) is 60.1 Å². The Bertz CT molecular complexity index is 980. The number of sulfone groups is 1. The molecule has 9 heteroatoms. The smallest absolute Gasteiger partial charge is 0.199 e. The lowest BCUT2D eigenvalue weighted by Gasteiger charge is -2.29. The summed E-state index contributed by atoms with van der Waals surface area (Å²) < 4.78 is 28.4. The number of aromatic nitrogens is 3. The van der Waals surface area contributed by atoms with Gasteiger partial charge < -0.3 is 4.57 Å². The van der Waals surface area contributed by atoms with Gasteiger partial charge in [-0.2, -0.15) is 5.10 Å². The molecule has 1 aromatic carbocycles. The van der Waals surface area contributed by atoms with E-state index in [9.17, 15) is 8.42 Å². The lowest BCUT2D eigenvalue weighted by Crippen LogP contribution is -2.40. The first kappa shape index (κ1) is 21.5. The largest absolute Gasteiger partial charge is 0.300 e. The SMILES string of the molecule is CCn1c(-c2ccc(Cl)cc2)nn(CN(CC(C)C)C2CCS(=O)(=O)C2)c1=S. The summed E-state index contributed by atoms with van der Waals surface area (Å²) in [6.07, 6.45) is 0.668. The predicted molar refractivity (Wildman–Crippen MR) is 116 cm³/mol. The minimum atomic E-state index is -2.95. The molecule has 154 valence electrons. The molecule has 0 saturated carbocycles. The van der Waals surface area contributed by atoms with Crippen molar-refractivity contribution in [2.75, 3.05) is 18.1 Å². The van der Waals surface area contributed by atoms with Gasteiger partial charge in [0.15, 0.2) is 20.4 Å². The third-order valence-corrected chi connectivity index (χ3v) is 7.41. The molecule has 0 radical (unpaired) electrons. The average molecular weight is 443 g/mol. The third kappa shape index (κ3) is 4.84. The Morgan fingerprint density at radius 1 is 1.32 bits per heavy atom. The second-order valence-corrected chi connectivity index (χ2v) is 10.8. The molecule has 1 aliphatic heterocycles. The van der Waals surface area contributed by atoms with E-state index >= 15 is 0 Å². The van der Waals surface area contributed by atoms with Crippen LogP contribution in [0, 0.1) is 10.7 Å². The molecule has 0 bridgehead atoms. The highest BCUT2D eigenvalue weighted by molar-refractivity contribution is 7.91. The Kier molecular flexibility index (Phi) is 6.64. The fourth-order valence-corrected chi connectivity index (χ4v) is 5.86. The van der Waals surface area contributed by atoms with Crippen molar-refractivity contribution >= 4 is 33.7 Å². The maximum absolute atomic E-state index is 12.0. The van der Waals surface area contributed by atoms with E-state index in [-0.39, 0.29) is 17.5 Å². The zero-order valence-electron chi connectivity index (χ0n) is 16.5. The van der Waals surface area contributed by atoms with Crippen LogP contribution in [0.25, 0.3) is 11.4 Å². The van der Waals surface area contributed by atoms with Crippen LogP contribution in [0.15, 0.2) is 24.3 Å². The van der Waals surface area contributed by atoms with Gasteiger partial charge in [-0.15, -0.1) is 0 Å². The lowest BCUT2D eigenvalue weighted by molar-refractivity contribution is 0.137. The van der Waals surface area contributed by atoms with Crippen molar-refractivity contribution in [2.24, 2.45) is 5.92 Å². The van der Waals surface area contributed by atoms with Crippen LogP contribution < -0.4 is 0 Å². The molecular weight excluding hydrogens is 416 g/mol. The average Bonchev–Trinajstić information content (AvgIpc) is 3.14. The van der Waals surface area contributed by atoms with Crippen LogP contribution in [0.1, 0.15) is 27.2 Å². The molecule has 1 aromatic heterocycles. The summed E-state index contributed by atoms with van der Waals surface area (Å²) in [5, 5.41) is 5.45. The Morgan fingerprint density at radius 2 is 2.00 bits per heavy atom. The van der Waals surface area contributed by atoms with Gasteiger partial charge in [-0.05, 0) is 55.7 Å². The van der Waals surface area contributed by atoms with Gasteiger partial charge in [-0.25, -0.2) is 13.1 Å². The van der Waals surface area contributed by atoms with Crippen LogP contribution in [0.4, 0.5) is 0 Å². The van der Waals surface area contributed by atoms with Crippen molar-refractivity contribution < 1.29 is 8.42 Å². The maximum atomic E-state index is 12.0. The Morgan fingerprint density at radius 3 is 2.54 bits per heavy atom. The van der Waals surface area contributed by atoms with Crippen LogP contribution in [0.5, 0.6) is 0 Å². The molecule has 2 aromatic rings. The van der Waals surface area contributed by atoms with Gasteiger partial charge in [0.05, 0.1) is 18.2 Å². The van der Waals surface area contributed by atoms with Crippen LogP contribution >= 0.6 is 23.8 Å².